The van der Waals surface area contributed by atoms with Gasteiger partial charge in [-0.3, -0.25) is 4.79 Å². The van der Waals surface area contributed by atoms with E-state index >= 15 is 0 Å². The van der Waals surface area contributed by atoms with Crippen LogP contribution < -0.4 is 5.32 Å². The maximum Gasteiger partial charge on any atom is 0.240 e. The Morgan fingerprint density at radius 3 is 2.46 bits per heavy atom. The molecular formula is C10H18N2O. The first-order valence-corrected chi connectivity index (χ1v) is 5.24. The summed E-state index contributed by atoms with van der Waals surface area (Å²) in [6.07, 6.45) is 2.19. The van der Waals surface area contributed by atoms with Crippen LogP contribution >= 0.6 is 0 Å². The number of nitrogens with one attached hydrogen (secondary N) is 1. The molecule has 13 heavy (non-hydrogen) atoms. The van der Waals surface area contributed by atoms with Crippen molar-refractivity contribution in [3.05, 3.63) is 0 Å². The molecule has 3 nitrogen and oxygen atoms in total. The van der Waals surface area contributed by atoms with Crippen molar-refractivity contribution in [3.63, 3.8) is 0 Å². The first-order valence-electron chi connectivity index (χ1n) is 5.24. The summed E-state index contributed by atoms with van der Waals surface area (Å²) < 4.78 is 0. The van der Waals surface area contributed by atoms with E-state index in [0.29, 0.717) is 17.9 Å². The van der Waals surface area contributed by atoms with E-state index in [9.17, 15) is 4.79 Å². The van der Waals surface area contributed by atoms with Crippen molar-refractivity contribution in [1.82, 2.24) is 10.2 Å². The second kappa shape index (κ2) is 3.29. The molecule has 0 saturated carbocycles. The third-order valence-electron chi connectivity index (χ3n) is 3.55. The van der Waals surface area contributed by atoms with Crippen LogP contribution in [0.3, 0.4) is 0 Å². The van der Waals surface area contributed by atoms with Gasteiger partial charge in [0.1, 0.15) is 0 Å². The Kier molecular flexibility index (Phi) is 2.28. The van der Waals surface area contributed by atoms with Crippen molar-refractivity contribution in [2.75, 3.05) is 13.1 Å². The molecule has 3 heteroatoms. The van der Waals surface area contributed by atoms with E-state index < -0.39 is 0 Å². The fourth-order valence-corrected chi connectivity index (χ4v) is 2.11. The summed E-state index contributed by atoms with van der Waals surface area (Å²) in [5, 5.41) is 3.17. The number of hydrogen-bond acceptors (Lipinski definition) is 2. The normalized spacial score (nSPS) is 38.9. The van der Waals surface area contributed by atoms with Crippen LogP contribution in [0.1, 0.15) is 26.7 Å². The maximum atomic E-state index is 11.8. The number of hydrogen-bond donors (Lipinski definition) is 1. The Bertz CT molecular complexity index is 213. The Balaban J connectivity index is 1.96. The molecule has 0 aliphatic carbocycles. The lowest BCUT2D eigenvalue weighted by atomic mass is 10.0. The van der Waals surface area contributed by atoms with Gasteiger partial charge in [-0.15, -0.1) is 0 Å². The largest absolute Gasteiger partial charge is 0.338 e. The summed E-state index contributed by atoms with van der Waals surface area (Å²) in [5.41, 5.74) is 0. The minimum atomic E-state index is 0.132. The quantitative estimate of drug-likeness (QED) is 0.644. The van der Waals surface area contributed by atoms with Crippen LogP contribution in [0, 0.1) is 5.92 Å². The van der Waals surface area contributed by atoms with Crippen molar-refractivity contribution in [3.8, 4) is 0 Å². The van der Waals surface area contributed by atoms with E-state index in [2.05, 4.69) is 19.2 Å². The van der Waals surface area contributed by atoms with Gasteiger partial charge in [-0.2, -0.15) is 0 Å². The van der Waals surface area contributed by atoms with Crippen LogP contribution in [-0.4, -0.2) is 36.0 Å². The molecule has 2 aliphatic heterocycles. The highest BCUT2D eigenvalue weighted by Gasteiger charge is 2.36. The minimum absolute atomic E-state index is 0.132. The van der Waals surface area contributed by atoms with Gasteiger partial charge in [0.25, 0.3) is 0 Å². The highest BCUT2D eigenvalue weighted by atomic mass is 16.2. The topological polar surface area (TPSA) is 32.3 Å². The highest BCUT2D eigenvalue weighted by Crippen LogP contribution is 2.24. The van der Waals surface area contributed by atoms with Gasteiger partial charge in [-0.05, 0) is 32.2 Å². The zero-order valence-electron chi connectivity index (χ0n) is 8.42. The number of carbonyl (C=O) groups is 1. The van der Waals surface area contributed by atoms with E-state index in [1.54, 1.807) is 0 Å². The first kappa shape index (κ1) is 9.00. The van der Waals surface area contributed by atoms with Crippen LogP contribution in [0.5, 0.6) is 0 Å². The second-order valence-electron chi connectivity index (χ2n) is 4.33. The minimum Gasteiger partial charge on any atom is -0.338 e. The molecule has 3 unspecified atom stereocenters. The standard InChI is InChI=1S/C10H18N2O/c1-7-4-6-12(8(7)2)10(13)9-3-5-11-9/h7-9,11H,3-6H2,1-2H3. The molecule has 1 N–H and O–H groups in total. The first-order chi connectivity index (χ1) is 6.20. The van der Waals surface area contributed by atoms with Crippen LogP contribution in [0.2, 0.25) is 0 Å². The monoisotopic (exact) mass is 182 g/mol. The van der Waals surface area contributed by atoms with Gasteiger partial charge in [0, 0.05) is 12.6 Å². The van der Waals surface area contributed by atoms with Crippen molar-refractivity contribution in [2.24, 2.45) is 5.92 Å². The molecule has 0 spiro atoms. The molecule has 74 valence electrons. The van der Waals surface area contributed by atoms with Crippen LogP contribution in [0.15, 0.2) is 0 Å². The fraction of sp³-hybridized carbons (Fsp3) is 0.900. The van der Waals surface area contributed by atoms with E-state index in [4.69, 9.17) is 0 Å². The Morgan fingerprint density at radius 1 is 1.38 bits per heavy atom. The van der Waals surface area contributed by atoms with Gasteiger partial charge < -0.3 is 10.2 Å². The highest BCUT2D eigenvalue weighted by molar-refractivity contribution is 5.83. The summed E-state index contributed by atoms with van der Waals surface area (Å²) in [6, 6.07) is 0.572. The SMILES string of the molecule is CC1CCN(C(=O)C2CCN2)C1C. The van der Waals surface area contributed by atoms with Crippen LogP contribution in [0.4, 0.5) is 0 Å². The maximum absolute atomic E-state index is 11.8. The van der Waals surface area contributed by atoms with Gasteiger partial charge >= 0.3 is 0 Å². The molecule has 0 aromatic rings. The predicted octanol–water partition coefficient (Wildman–Crippen LogP) is 0.605. The lowest BCUT2D eigenvalue weighted by molar-refractivity contribution is -0.136. The lowest BCUT2D eigenvalue weighted by Crippen LogP contribution is -2.55. The summed E-state index contributed by atoms with van der Waals surface area (Å²) in [6.45, 7) is 6.36. The third-order valence-corrected chi connectivity index (χ3v) is 3.55. The number of carbonyl (C=O) groups excluding carboxylic acids is 1. The average Bonchev–Trinajstić information content (AvgIpc) is 2.29. The molecule has 0 bridgehead atoms. The van der Waals surface area contributed by atoms with Gasteiger partial charge in [0.2, 0.25) is 5.91 Å². The number of amides is 1. The van der Waals surface area contributed by atoms with Gasteiger partial charge in [-0.25, -0.2) is 0 Å². The molecule has 0 radical (unpaired) electrons. The second-order valence-corrected chi connectivity index (χ2v) is 4.33. The van der Waals surface area contributed by atoms with Crippen LogP contribution in [-0.2, 0) is 4.79 Å². The van der Waals surface area contributed by atoms with E-state index in [1.807, 2.05) is 4.90 Å². The summed E-state index contributed by atoms with van der Waals surface area (Å²) >= 11 is 0. The predicted molar refractivity (Wildman–Crippen MR) is 51.4 cm³/mol. The van der Waals surface area contributed by atoms with Crippen molar-refractivity contribution >= 4 is 5.91 Å². The Hall–Kier alpha value is -0.570. The molecule has 2 aliphatic rings. The molecular weight excluding hydrogens is 164 g/mol. The van der Waals surface area contributed by atoms with Crippen molar-refractivity contribution in [2.45, 2.75) is 38.8 Å². The third kappa shape index (κ3) is 1.46. The zero-order valence-corrected chi connectivity index (χ0v) is 8.42. The molecule has 0 aromatic heterocycles. The van der Waals surface area contributed by atoms with Crippen LogP contribution in [0.25, 0.3) is 0 Å². The molecule has 2 fully saturated rings. The van der Waals surface area contributed by atoms with Crippen molar-refractivity contribution < 1.29 is 4.79 Å². The summed E-state index contributed by atoms with van der Waals surface area (Å²) in [7, 11) is 0. The Morgan fingerprint density at radius 2 is 2.08 bits per heavy atom. The van der Waals surface area contributed by atoms with E-state index in [1.165, 1.54) is 6.42 Å². The molecule has 2 saturated heterocycles. The summed E-state index contributed by atoms with van der Waals surface area (Å²) in [5.74, 6) is 0.993. The van der Waals surface area contributed by atoms with Gasteiger partial charge in [0.05, 0.1) is 6.04 Å². The molecule has 2 heterocycles. The van der Waals surface area contributed by atoms with Gasteiger partial charge in [-0.1, -0.05) is 6.92 Å². The van der Waals surface area contributed by atoms with Crippen molar-refractivity contribution in [1.29, 1.82) is 0 Å². The molecule has 3 atom stereocenters. The molecule has 2 rings (SSSR count). The number of rotatable bonds is 1. The zero-order chi connectivity index (χ0) is 9.42. The van der Waals surface area contributed by atoms with Gasteiger partial charge in [0.15, 0.2) is 0 Å². The number of likely N-dealkylation sites (tertiary alicyclic amines) is 1. The summed E-state index contributed by atoms with van der Waals surface area (Å²) in [4.78, 5) is 13.9. The van der Waals surface area contributed by atoms with E-state index in [0.717, 1.165) is 19.5 Å². The Labute approximate surface area is 79.5 Å². The fourth-order valence-electron chi connectivity index (χ4n) is 2.11. The molecule has 0 aromatic carbocycles. The number of nitrogens with zero attached hydrogens (tertiary/aromatic N) is 1. The average molecular weight is 182 g/mol. The smallest absolute Gasteiger partial charge is 0.240 e. The molecule has 1 amide bonds. The lowest BCUT2D eigenvalue weighted by Gasteiger charge is -2.33. The van der Waals surface area contributed by atoms with E-state index in [-0.39, 0.29) is 6.04 Å².